The second-order valence-corrected chi connectivity index (χ2v) is 2.70. The van der Waals surface area contributed by atoms with E-state index in [1.165, 1.54) is 0 Å². The zero-order valence-corrected chi connectivity index (χ0v) is 6.05. The fraction of sp³-hybridized carbons (Fsp3) is 1.00. The van der Waals surface area contributed by atoms with Crippen molar-refractivity contribution in [1.82, 2.24) is 5.32 Å². The molecule has 0 aliphatic carbocycles. The first kappa shape index (κ1) is 7.94. The Hall–Kier alpha value is -0.160. The zero-order valence-electron chi connectivity index (χ0n) is 6.05. The fourth-order valence-corrected chi connectivity index (χ4v) is 1.21. The van der Waals surface area contributed by atoms with Crippen LogP contribution in [0.3, 0.4) is 0 Å². The van der Waals surface area contributed by atoms with Crippen LogP contribution < -0.4 is 5.32 Å². The van der Waals surface area contributed by atoms with Crippen LogP contribution in [-0.2, 0) is 0 Å². The van der Waals surface area contributed by atoms with Crippen LogP contribution in [0.2, 0.25) is 0 Å². The molecule has 1 fully saturated rings. The van der Waals surface area contributed by atoms with Gasteiger partial charge in [-0.1, -0.05) is 0 Å². The largest absolute Gasteiger partial charge is 0.633 e. The maximum absolute atomic E-state index is 11.5. The highest BCUT2D eigenvalue weighted by Gasteiger charge is 2.18. The van der Waals surface area contributed by atoms with Gasteiger partial charge in [-0.05, 0) is 0 Å². The molecule has 1 rings (SSSR count). The molecule has 1 aliphatic rings. The number of quaternary nitrogens is 1. The molecule has 1 aliphatic heterocycles. The van der Waals surface area contributed by atoms with Gasteiger partial charge >= 0.3 is 0 Å². The van der Waals surface area contributed by atoms with Crippen LogP contribution in [0.15, 0.2) is 0 Å². The van der Waals surface area contributed by atoms with Crippen molar-refractivity contribution in [2.24, 2.45) is 0 Å². The van der Waals surface area contributed by atoms with Crippen LogP contribution in [0.5, 0.6) is 0 Å². The number of rotatable bonds is 2. The summed E-state index contributed by atoms with van der Waals surface area (Å²) < 4.78 is -0.219. The first-order chi connectivity index (χ1) is 4.77. The first-order valence-corrected chi connectivity index (χ1v) is 3.65. The summed E-state index contributed by atoms with van der Waals surface area (Å²) in [6.07, 6.45) is 0. The van der Waals surface area contributed by atoms with Crippen LogP contribution >= 0.6 is 0 Å². The van der Waals surface area contributed by atoms with Crippen molar-refractivity contribution in [3.8, 4) is 0 Å². The van der Waals surface area contributed by atoms with Crippen molar-refractivity contribution in [3.05, 3.63) is 5.21 Å². The van der Waals surface area contributed by atoms with Gasteiger partial charge in [0.15, 0.2) is 0 Å². The maximum atomic E-state index is 11.5. The summed E-state index contributed by atoms with van der Waals surface area (Å²) in [6.45, 7) is 3.11. The van der Waals surface area contributed by atoms with Gasteiger partial charge in [0.05, 0.1) is 19.7 Å². The number of hydrogen-bond acceptors (Lipinski definition) is 3. The maximum Gasteiger partial charge on any atom is 0.102 e. The van der Waals surface area contributed by atoms with Gasteiger partial charge in [-0.2, -0.15) is 0 Å². The van der Waals surface area contributed by atoms with E-state index in [1.807, 2.05) is 0 Å². The molecule has 0 aromatic heterocycles. The van der Waals surface area contributed by atoms with Gasteiger partial charge < -0.3 is 20.3 Å². The molecule has 1 heterocycles. The van der Waals surface area contributed by atoms with Gasteiger partial charge in [0.2, 0.25) is 0 Å². The van der Waals surface area contributed by atoms with E-state index in [1.54, 1.807) is 0 Å². The highest BCUT2D eigenvalue weighted by atomic mass is 16.5. The van der Waals surface area contributed by atoms with Crippen LogP contribution in [0.1, 0.15) is 0 Å². The molecule has 10 heavy (non-hydrogen) atoms. The Balaban J connectivity index is 2.32. The number of hydrogen-bond donors (Lipinski definition) is 2. The predicted octanol–water partition coefficient (Wildman–Crippen LogP) is -1.10. The fourth-order valence-electron chi connectivity index (χ4n) is 1.21. The van der Waals surface area contributed by atoms with Gasteiger partial charge in [-0.15, -0.1) is 0 Å². The van der Waals surface area contributed by atoms with E-state index < -0.39 is 0 Å². The average molecular weight is 146 g/mol. The summed E-state index contributed by atoms with van der Waals surface area (Å²) >= 11 is 0. The molecule has 4 nitrogen and oxygen atoms in total. The molecule has 0 amide bonds. The summed E-state index contributed by atoms with van der Waals surface area (Å²) in [5.74, 6) is 0. The monoisotopic (exact) mass is 146 g/mol. The molecule has 60 valence electrons. The molecule has 4 heteroatoms. The Labute approximate surface area is 60.6 Å². The third kappa shape index (κ3) is 1.91. The van der Waals surface area contributed by atoms with Gasteiger partial charge in [0, 0.05) is 13.1 Å². The molecule has 0 radical (unpaired) electrons. The molecule has 1 saturated heterocycles. The van der Waals surface area contributed by atoms with E-state index in [9.17, 15) is 5.21 Å². The summed E-state index contributed by atoms with van der Waals surface area (Å²) in [5, 5.41) is 23.1. The first-order valence-electron chi connectivity index (χ1n) is 3.65. The molecule has 0 atom stereocenters. The van der Waals surface area contributed by atoms with E-state index >= 15 is 0 Å². The second kappa shape index (κ2) is 3.30. The molecule has 2 N–H and O–H groups in total. The lowest BCUT2D eigenvalue weighted by Crippen LogP contribution is -2.55. The Morgan fingerprint density at radius 2 is 2.00 bits per heavy atom. The Morgan fingerprint density at radius 3 is 2.50 bits per heavy atom. The standard InChI is InChI=1S/C6H14N2O2/c9-6-5-8(10)3-1-7-2-4-8/h7,9H,1-6H2. The number of nitrogens with zero attached hydrogens (tertiary/aromatic N) is 1. The summed E-state index contributed by atoms with van der Waals surface area (Å²) in [4.78, 5) is 0. The highest BCUT2D eigenvalue weighted by molar-refractivity contribution is 4.56. The number of nitrogens with one attached hydrogen (secondary N) is 1. The lowest BCUT2D eigenvalue weighted by atomic mass is 10.3. The van der Waals surface area contributed by atoms with Crippen molar-refractivity contribution in [2.45, 2.75) is 0 Å². The van der Waals surface area contributed by atoms with E-state index in [0.717, 1.165) is 13.1 Å². The quantitative estimate of drug-likeness (QED) is 0.384. The zero-order chi connectivity index (χ0) is 7.45. The minimum atomic E-state index is -0.219. The Morgan fingerprint density at radius 1 is 1.40 bits per heavy atom. The third-order valence-electron chi connectivity index (χ3n) is 1.90. The molecule has 0 aromatic rings. The number of aliphatic hydroxyl groups is 1. The minimum absolute atomic E-state index is 0.00347. The van der Waals surface area contributed by atoms with Crippen molar-refractivity contribution in [2.75, 3.05) is 39.3 Å². The number of aliphatic hydroxyl groups excluding tert-OH is 1. The van der Waals surface area contributed by atoms with E-state index in [4.69, 9.17) is 5.11 Å². The molecule has 0 spiro atoms. The number of hydroxylamine groups is 3. The third-order valence-corrected chi connectivity index (χ3v) is 1.90. The van der Waals surface area contributed by atoms with E-state index in [2.05, 4.69) is 5.32 Å². The topological polar surface area (TPSA) is 55.3 Å². The summed E-state index contributed by atoms with van der Waals surface area (Å²) in [7, 11) is 0. The normalized spacial score (nSPS) is 24.6. The van der Waals surface area contributed by atoms with Gasteiger partial charge in [-0.25, -0.2) is 0 Å². The van der Waals surface area contributed by atoms with Crippen LogP contribution in [0.4, 0.5) is 0 Å². The summed E-state index contributed by atoms with van der Waals surface area (Å²) in [5.41, 5.74) is 0. The molecular formula is C6H14N2O2. The predicted molar refractivity (Wildman–Crippen MR) is 38.2 cm³/mol. The van der Waals surface area contributed by atoms with Gasteiger partial charge in [0.25, 0.3) is 0 Å². The van der Waals surface area contributed by atoms with Crippen molar-refractivity contribution in [1.29, 1.82) is 0 Å². The SMILES string of the molecule is [O-][N+]1(CCO)CCNCC1. The lowest BCUT2D eigenvalue weighted by molar-refractivity contribution is -0.882. The van der Waals surface area contributed by atoms with Crippen molar-refractivity contribution < 1.29 is 9.75 Å². The van der Waals surface area contributed by atoms with Crippen molar-refractivity contribution >= 4 is 0 Å². The Bertz CT molecular complexity index is 96.4. The Kier molecular flexibility index (Phi) is 2.62. The minimum Gasteiger partial charge on any atom is -0.633 e. The molecule has 0 saturated carbocycles. The summed E-state index contributed by atoms with van der Waals surface area (Å²) in [6, 6.07) is 0. The second-order valence-electron chi connectivity index (χ2n) is 2.70. The van der Waals surface area contributed by atoms with E-state index in [-0.39, 0.29) is 11.3 Å². The molecule has 0 aromatic carbocycles. The van der Waals surface area contributed by atoms with Gasteiger partial charge in [0.1, 0.15) is 6.54 Å². The highest BCUT2D eigenvalue weighted by Crippen LogP contribution is 2.04. The molecule has 0 bridgehead atoms. The smallest absolute Gasteiger partial charge is 0.102 e. The number of piperazine rings is 1. The van der Waals surface area contributed by atoms with Gasteiger partial charge in [-0.3, -0.25) is 0 Å². The molecule has 0 unspecified atom stereocenters. The van der Waals surface area contributed by atoms with Crippen LogP contribution in [0, 0.1) is 5.21 Å². The van der Waals surface area contributed by atoms with E-state index in [0.29, 0.717) is 19.6 Å². The van der Waals surface area contributed by atoms with Crippen LogP contribution in [0.25, 0.3) is 0 Å². The van der Waals surface area contributed by atoms with Crippen LogP contribution in [-0.4, -0.2) is 49.1 Å². The molecular weight excluding hydrogens is 132 g/mol. The lowest BCUT2D eigenvalue weighted by Gasteiger charge is -2.45. The average Bonchev–Trinajstić information content (AvgIpc) is 1.89. The van der Waals surface area contributed by atoms with Crippen molar-refractivity contribution in [3.63, 3.8) is 0 Å².